The smallest absolute Gasteiger partial charge is 0.277 e. The molecule has 10 heteroatoms. The normalized spacial score (nSPS) is 11.3. The second-order valence-electron chi connectivity index (χ2n) is 6.86. The standard InChI is InChI=1S/C22H18N4O6/c1-14(15-7-3-2-4-8-15)23-22(28)19-9-5-6-10-20(19)24-21(27)16-11-17(25(29)30)13-18(12-16)26(31)32/h2-14H,1H3,(H,23,28)(H,24,27). The number of nitro benzene ring substituents is 2. The molecule has 3 aromatic rings. The molecule has 0 saturated heterocycles. The highest BCUT2D eigenvalue weighted by atomic mass is 16.6. The Kier molecular flexibility index (Phi) is 6.54. The number of benzene rings is 3. The minimum absolute atomic E-state index is 0.157. The van der Waals surface area contributed by atoms with Gasteiger partial charge in [0.15, 0.2) is 0 Å². The second kappa shape index (κ2) is 9.47. The Morgan fingerprint density at radius 3 is 1.97 bits per heavy atom. The first-order valence-electron chi connectivity index (χ1n) is 9.46. The number of non-ortho nitro benzene ring substituents is 2. The van der Waals surface area contributed by atoms with Crippen LogP contribution in [0.15, 0.2) is 72.8 Å². The second-order valence-corrected chi connectivity index (χ2v) is 6.86. The quantitative estimate of drug-likeness (QED) is 0.420. The summed E-state index contributed by atoms with van der Waals surface area (Å²) in [7, 11) is 0. The summed E-state index contributed by atoms with van der Waals surface area (Å²) in [5.41, 5.74) is -0.239. The fraction of sp³-hybridized carbons (Fsp3) is 0.0909. The van der Waals surface area contributed by atoms with E-state index in [0.717, 1.165) is 23.8 Å². The van der Waals surface area contributed by atoms with Crippen molar-refractivity contribution in [3.8, 4) is 0 Å². The molecular formula is C22H18N4O6. The molecule has 0 aromatic heterocycles. The van der Waals surface area contributed by atoms with Crippen LogP contribution >= 0.6 is 0 Å². The number of hydrogen-bond acceptors (Lipinski definition) is 6. The first-order chi connectivity index (χ1) is 15.3. The minimum Gasteiger partial charge on any atom is -0.345 e. The summed E-state index contributed by atoms with van der Waals surface area (Å²) < 4.78 is 0. The molecule has 2 N–H and O–H groups in total. The third-order valence-corrected chi connectivity index (χ3v) is 4.65. The van der Waals surface area contributed by atoms with E-state index in [1.807, 2.05) is 37.3 Å². The van der Waals surface area contributed by atoms with Crippen molar-refractivity contribution >= 4 is 28.9 Å². The summed E-state index contributed by atoms with van der Waals surface area (Å²) in [6, 6.07) is 17.9. The van der Waals surface area contributed by atoms with Crippen LogP contribution in [0, 0.1) is 20.2 Å². The molecule has 0 heterocycles. The molecule has 3 rings (SSSR count). The molecule has 1 atom stereocenters. The van der Waals surface area contributed by atoms with Gasteiger partial charge in [0.25, 0.3) is 23.2 Å². The Hall–Kier alpha value is -4.60. The van der Waals surface area contributed by atoms with Gasteiger partial charge in [-0.25, -0.2) is 0 Å². The summed E-state index contributed by atoms with van der Waals surface area (Å²) in [4.78, 5) is 46.0. The molecule has 0 saturated carbocycles. The van der Waals surface area contributed by atoms with E-state index in [2.05, 4.69) is 10.6 Å². The van der Waals surface area contributed by atoms with E-state index < -0.39 is 33.0 Å². The van der Waals surface area contributed by atoms with Crippen molar-refractivity contribution in [1.29, 1.82) is 0 Å². The van der Waals surface area contributed by atoms with Crippen LogP contribution in [0.3, 0.4) is 0 Å². The summed E-state index contributed by atoms with van der Waals surface area (Å²) in [6.07, 6.45) is 0. The number of anilines is 1. The van der Waals surface area contributed by atoms with Gasteiger partial charge >= 0.3 is 0 Å². The van der Waals surface area contributed by atoms with E-state index in [-0.39, 0.29) is 22.9 Å². The largest absolute Gasteiger partial charge is 0.345 e. The predicted octanol–water partition coefficient (Wildman–Crippen LogP) is 4.25. The zero-order valence-corrected chi connectivity index (χ0v) is 16.8. The molecular weight excluding hydrogens is 416 g/mol. The monoisotopic (exact) mass is 434 g/mol. The number of hydrogen-bond donors (Lipinski definition) is 2. The third-order valence-electron chi connectivity index (χ3n) is 4.65. The summed E-state index contributed by atoms with van der Waals surface area (Å²) in [5, 5.41) is 27.5. The fourth-order valence-corrected chi connectivity index (χ4v) is 3.02. The Labute approximate surface area is 182 Å². The van der Waals surface area contributed by atoms with Crippen molar-refractivity contribution in [2.45, 2.75) is 13.0 Å². The number of carbonyl (C=O) groups excluding carboxylic acids is 2. The van der Waals surface area contributed by atoms with Crippen molar-refractivity contribution in [2.24, 2.45) is 0 Å². The van der Waals surface area contributed by atoms with Crippen LogP contribution in [0.5, 0.6) is 0 Å². The van der Waals surface area contributed by atoms with Crippen LogP contribution in [0.25, 0.3) is 0 Å². The molecule has 0 aliphatic carbocycles. The SMILES string of the molecule is CC(NC(=O)c1ccccc1NC(=O)c1cc([N+](=O)[O-])cc([N+](=O)[O-])c1)c1ccccc1. The van der Waals surface area contributed by atoms with Crippen molar-refractivity contribution in [3.05, 3.63) is 110 Å². The lowest BCUT2D eigenvalue weighted by Gasteiger charge is -2.16. The number of para-hydroxylation sites is 1. The number of amides is 2. The third kappa shape index (κ3) is 5.11. The van der Waals surface area contributed by atoms with Gasteiger partial charge in [-0.05, 0) is 24.6 Å². The number of nitrogens with zero attached hydrogens (tertiary/aromatic N) is 2. The van der Waals surface area contributed by atoms with E-state index in [0.29, 0.717) is 0 Å². The molecule has 3 aromatic carbocycles. The lowest BCUT2D eigenvalue weighted by molar-refractivity contribution is -0.394. The molecule has 0 bridgehead atoms. The van der Waals surface area contributed by atoms with Gasteiger partial charge in [-0.15, -0.1) is 0 Å². The first kappa shape index (κ1) is 22.1. The maximum atomic E-state index is 12.8. The Morgan fingerprint density at radius 2 is 1.38 bits per heavy atom. The average molecular weight is 434 g/mol. The minimum atomic E-state index is -0.826. The van der Waals surface area contributed by atoms with Gasteiger partial charge in [0, 0.05) is 12.1 Å². The van der Waals surface area contributed by atoms with Crippen LogP contribution in [-0.2, 0) is 0 Å². The summed E-state index contributed by atoms with van der Waals surface area (Å²) in [6.45, 7) is 1.82. The molecule has 162 valence electrons. The molecule has 1 unspecified atom stereocenters. The maximum Gasteiger partial charge on any atom is 0.277 e. The highest BCUT2D eigenvalue weighted by Gasteiger charge is 2.21. The molecule has 32 heavy (non-hydrogen) atoms. The number of carbonyl (C=O) groups is 2. The molecule has 0 fully saturated rings. The Bertz CT molecular complexity index is 1160. The van der Waals surface area contributed by atoms with Gasteiger partial charge in [-0.3, -0.25) is 29.8 Å². The zero-order valence-electron chi connectivity index (χ0n) is 16.8. The van der Waals surface area contributed by atoms with Crippen molar-refractivity contribution in [1.82, 2.24) is 5.32 Å². The van der Waals surface area contributed by atoms with Gasteiger partial charge in [-0.2, -0.15) is 0 Å². The van der Waals surface area contributed by atoms with Gasteiger partial charge in [-0.1, -0.05) is 42.5 Å². The highest BCUT2D eigenvalue weighted by molar-refractivity contribution is 6.09. The van der Waals surface area contributed by atoms with Crippen molar-refractivity contribution < 1.29 is 19.4 Å². The molecule has 10 nitrogen and oxygen atoms in total. The van der Waals surface area contributed by atoms with E-state index >= 15 is 0 Å². The van der Waals surface area contributed by atoms with Crippen LogP contribution in [0.4, 0.5) is 17.1 Å². The molecule has 0 aliphatic rings. The highest BCUT2D eigenvalue weighted by Crippen LogP contribution is 2.24. The first-order valence-corrected chi connectivity index (χ1v) is 9.46. The average Bonchev–Trinajstić information content (AvgIpc) is 2.79. The predicted molar refractivity (Wildman–Crippen MR) is 116 cm³/mol. The molecule has 0 radical (unpaired) electrons. The van der Waals surface area contributed by atoms with Gasteiger partial charge in [0.1, 0.15) is 0 Å². The van der Waals surface area contributed by atoms with Gasteiger partial charge < -0.3 is 10.6 Å². The van der Waals surface area contributed by atoms with Crippen molar-refractivity contribution in [3.63, 3.8) is 0 Å². The number of nitrogens with one attached hydrogen (secondary N) is 2. The van der Waals surface area contributed by atoms with E-state index in [1.165, 1.54) is 12.1 Å². The number of rotatable bonds is 7. The van der Waals surface area contributed by atoms with Crippen molar-refractivity contribution in [2.75, 3.05) is 5.32 Å². The van der Waals surface area contributed by atoms with E-state index in [1.54, 1.807) is 12.1 Å². The fourth-order valence-electron chi connectivity index (χ4n) is 3.02. The van der Waals surface area contributed by atoms with Crippen LogP contribution < -0.4 is 10.6 Å². The topological polar surface area (TPSA) is 144 Å². The summed E-state index contributed by atoms with van der Waals surface area (Å²) in [5.74, 6) is -1.27. The maximum absolute atomic E-state index is 12.8. The van der Waals surface area contributed by atoms with E-state index in [9.17, 15) is 29.8 Å². The molecule has 0 aliphatic heterocycles. The van der Waals surface area contributed by atoms with Crippen LogP contribution in [-0.4, -0.2) is 21.7 Å². The van der Waals surface area contributed by atoms with E-state index in [4.69, 9.17) is 0 Å². The molecule has 2 amide bonds. The lowest BCUT2D eigenvalue weighted by Crippen LogP contribution is -2.28. The Balaban J connectivity index is 1.85. The molecule has 0 spiro atoms. The van der Waals surface area contributed by atoms with Crippen LogP contribution in [0.2, 0.25) is 0 Å². The van der Waals surface area contributed by atoms with Gasteiger partial charge in [0.2, 0.25) is 0 Å². The van der Waals surface area contributed by atoms with Gasteiger partial charge in [0.05, 0.1) is 38.8 Å². The number of nitro groups is 2. The lowest BCUT2D eigenvalue weighted by atomic mass is 10.1. The zero-order chi connectivity index (χ0) is 23.3. The Morgan fingerprint density at radius 1 is 0.812 bits per heavy atom. The summed E-state index contributed by atoms with van der Waals surface area (Å²) >= 11 is 0. The van der Waals surface area contributed by atoms with Crippen LogP contribution in [0.1, 0.15) is 39.2 Å².